The van der Waals surface area contributed by atoms with Gasteiger partial charge in [-0.3, -0.25) is 9.59 Å². The van der Waals surface area contributed by atoms with E-state index in [1.807, 2.05) is 0 Å². The molecule has 0 saturated carbocycles. The zero-order chi connectivity index (χ0) is 12.0. The molecule has 1 rings (SSSR count). The molecular formula is C11H21N3O2. The smallest absolute Gasteiger partial charge is 0.239 e. The number of nitrogens with zero attached hydrogens (tertiary/aromatic N) is 1. The van der Waals surface area contributed by atoms with Gasteiger partial charge in [0.25, 0.3) is 0 Å². The van der Waals surface area contributed by atoms with Crippen molar-refractivity contribution in [1.29, 1.82) is 0 Å². The number of nitrogens with one attached hydrogen (secondary N) is 1. The van der Waals surface area contributed by atoms with Crippen molar-refractivity contribution in [3.63, 3.8) is 0 Å². The first kappa shape index (κ1) is 13.0. The molecule has 2 amide bonds. The molecule has 0 aromatic rings. The molecule has 16 heavy (non-hydrogen) atoms. The molecule has 1 fully saturated rings. The number of piperidine rings is 1. The van der Waals surface area contributed by atoms with Crippen molar-refractivity contribution in [3.05, 3.63) is 0 Å². The van der Waals surface area contributed by atoms with Crippen LogP contribution in [0.1, 0.15) is 32.6 Å². The van der Waals surface area contributed by atoms with Crippen LogP contribution < -0.4 is 11.1 Å². The summed E-state index contributed by atoms with van der Waals surface area (Å²) in [6.45, 7) is 3.40. The lowest BCUT2D eigenvalue weighted by atomic mass is 10.1. The number of carbonyl (C=O) groups is 2. The normalized spacial score (nSPS) is 21.0. The summed E-state index contributed by atoms with van der Waals surface area (Å²) in [5, 5.41) is 2.79. The lowest BCUT2D eigenvalue weighted by Gasteiger charge is -2.30. The van der Waals surface area contributed by atoms with Crippen molar-refractivity contribution in [1.82, 2.24) is 10.2 Å². The molecule has 0 aliphatic carbocycles. The van der Waals surface area contributed by atoms with Gasteiger partial charge in [0.1, 0.15) is 0 Å². The molecule has 5 nitrogen and oxygen atoms in total. The van der Waals surface area contributed by atoms with Gasteiger partial charge in [-0.1, -0.05) is 13.3 Å². The molecule has 1 unspecified atom stereocenters. The Morgan fingerprint density at radius 1 is 1.62 bits per heavy atom. The minimum Gasteiger partial charge on any atom is -0.355 e. The molecule has 5 heteroatoms. The van der Waals surface area contributed by atoms with E-state index < -0.39 is 0 Å². The largest absolute Gasteiger partial charge is 0.355 e. The summed E-state index contributed by atoms with van der Waals surface area (Å²) >= 11 is 0. The van der Waals surface area contributed by atoms with Gasteiger partial charge in [-0.15, -0.1) is 0 Å². The Morgan fingerprint density at radius 2 is 2.38 bits per heavy atom. The second-order valence-corrected chi connectivity index (χ2v) is 4.28. The average molecular weight is 227 g/mol. The number of amides is 2. The number of nitrogens with two attached hydrogens (primary N) is 1. The fourth-order valence-electron chi connectivity index (χ4n) is 1.73. The summed E-state index contributed by atoms with van der Waals surface area (Å²) < 4.78 is 0. The molecule has 1 heterocycles. The molecule has 3 N–H and O–H groups in total. The molecule has 1 aliphatic rings. The van der Waals surface area contributed by atoms with E-state index >= 15 is 0 Å². The van der Waals surface area contributed by atoms with Gasteiger partial charge < -0.3 is 16.0 Å². The lowest BCUT2D eigenvalue weighted by Crippen LogP contribution is -2.49. The molecule has 1 aliphatic heterocycles. The number of likely N-dealkylation sites (tertiary alicyclic amines) is 1. The van der Waals surface area contributed by atoms with E-state index in [2.05, 4.69) is 12.2 Å². The zero-order valence-corrected chi connectivity index (χ0v) is 9.87. The SMILES string of the molecule is CCCCNC(=O)CN1CC(N)CCC1=O. The Bertz CT molecular complexity index is 256. The topological polar surface area (TPSA) is 75.4 Å². The van der Waals surface area contributed by atoms with E-state index in [-0.39, 0.29) is 24.4 Å². The fourth-order valence-corrected chi connectivity index (χ4v) is 1.73. The maximum atomic E-state index is 11.5. The molecule has 0 bridgehead atoms. The maximum absolute atomic E-state index is 11.5. The van der Waals surface area contributed by atoms with Crippen LogP contribution in [0.5, 0.6) is 0 Å². The predicted molar refractivity (Wildman–Crippen MR) is 61.7 cm³/mol. The highest BCUT2D eigenvalue weighted by Crippen LogP contribution is 2.09. The standard InChI is InChI=1S/C11H21N3O2/c1-2-3-6-13-10(15)8-14-7-9(12)4-5-11(14)16/h9H,2-8,12H2,1H3,(H,13,15). The van der Waals surface area contributed by atoms with Gasteiger partial charge in [-0.25, -0.2) is 0 Å². The van der Waals surface area contributed by atoms with E-state index in [1.54, 1.807) is 4.90 Å². The van der Waals surface area contributed by atoms with Crippen LogP contribution in [-0.4, -0.2) is 42.4 Å². The fraction of sp³-hybridized carbons (Fsp3) is 0.818. The van der Waals surface area contributed by atoms with Gasteiger partial charge in [0.15, 0.2) is 0 Å². The van der Waals surface area contributed by atoms with Crippen LogP contribution in [0.3, 0.4) is 0 Å². The first-order chi connectivity index (χ1) is 7.63. The molecular weight excluding hydrogens is 206 g/mol. The van der Waals surface area contributed by atoms with Crippen LogP contribution >= 0.6 is 0 Å². The molecule has 0 aromatic carbocycles. The molecule has 0 aromatic heterocycles. The van der Waals surface area contributed by atoms with Crippen molar-refractivity contribution in [2.45, 2.75) is 38.6 Å². The van der Waals surface area contributed by atoms with E-state index in [9.17, 15) is 9.59 Å². The molecule has 92 valence electrons. The highest BCUT2D eigenvalue weighted by Gasteiger charge is 2.24. The van der Waals surface area contributed by atoms with Gasteiger partial charge in [0, 0.05) is 25.6 Å². The van der Waals surface area contributed by atoms with Crippen LogP contribution in [-0.2, 0) is 9.59 Å². The summed E-state index contributed by atoms with van der Waals surface area (Å²) in [4.78, 5) is 24.5. The Hall–Kier alpha value is -1.10. The monoisotopic (exact) mass is 227 g/mol. The van der Waals surface area contributed by atoms with Gasteiger partial charge in [-0.2, -0.15) is 0 Å². The van der Waals surface area contributed by atoms with E-state index in [0.717, 1.165) is 19.3 Å². The minimum atomic E-state index is -0.0871. The third-order valence-electron chi connectivity index (χ3n) is 2.72. The average Bonchev–Trinajstić information content (AvgIpc) is 2.24. The van der Waals surface area contributed by atoms with E-state index in [4.69, 9.17) is 5.73 Å². The van der Waals surface area contributed by atoms with E-state index in [0.29, 0.717) is 19.5 Å². The summed E-state index contributed by atoms with van der Waals surface area (Å²) in [5.41, 5.74) is 5.76. The molecule has 1 saturated heterocycles. The number of unbranched alkanes of at least 4 members (excludes halogenated alkanes) is 1. The van der Waals surface area contributed by atoms with Gasteiger partial charge in [-0.05, 0) is 12.8 Å². The molecule has 1 atom stereocenters. The van der Waals surface area contributed by atoms with Crippen molar-refractivity contribution in [2.24, 2.45) is 5.73 Å². The van der Waals surface area contributed by atoms with Crippen LogP contribution in [0.25, 0.3) is 0 Å². The Labute approximate surface area is 96.4 Å². The molecule has 0 spiro atoms. The Kier molecular flexibility index (Phi) is 5.25. The highest BCUT2D eigenvalue weighted by molar-refractivity contribution is 5.85. The van der Waals surface area contributed by atoms with Crippen molar-refractivity contribution < 1.29 is 9.59 Å². The Morgan fingerprint density at radius 3 is 3.06 bits per heavy atom. The van der Waals surface area contributed by atoms with E-state index in [1.165, 1.54) is 0 Å². The van der Waals surface area contributed by atoms with Crippen LogP contribution in [0.4, 0.5) is 0 Å². The first-order valence-corrected chi connectivity index (χ1v) is 5.93. The van der Waals surface area contributed by atoms with Crippen LogP contribution in [0.2, 0.25) is 0 Å². The zero-order valence-electron chi connectivity index (χ0n) is 9.87. The number of hydrogen-bond donors (Lipinski definition) is 2. The third-order valence-corrected chi connectivity index (χ3v) is 2.72. The number of carbonyl (C=O) groups excluding carboxylic acids is 2. The second-order valence-electron chi connectivity index (χ2n) is 4.28. The van der Waals surface area contributed by atoms with Crippen LogP contribution in [0, 0.1) is 0 Å². The van der Waals surface area contributed by atoms with Crippen LogP contribution in [0.15, 0.2) is 0 Å². The number of rotatable bonds is 5. The maximum Gasteiger partial charge on any atom is 0.239 e. The minimum absolute atomic E-state index is 0.0149. The second kappa shape index (κ2) is 6.48. The summed E-state index contributed by atoms with van der Waals surface area (Å²) in [5.74, 6) is -0.0526. The summed E-state index contributed by atoms with van der Waals surface area (Å²) in [7, 11) is 0. The first-order valence-electron chi connectivity index (χ1n) is 5.93. The number of hydrogen-bond acceptors (Lipinski definition) is 3. The predicted octanol–water partition coefficient (Wildman–Crippen LogP) is -0.148. The van der Waals surface area contributed by atoms with Gasteiger partial charge in [0.2, 0.25) is 11.8 Å². The summed E-state index contributed by atoms with van der Waals surface area (Å²) in [6, 6.07) is 0.0149. The quantitative estimate of drug-likeness (QED) is 0.641. The highest BCUT2D eigenvalue weighted by atomic mass is 16.2. The van der Waals surface area contributed by atoms with Crippen molar-refractivity contribution in [3.8, 4) is 0 Å². The third kappa shape index (κ3) is 4.18. The molecule has 0 radical (unpaired) electrons. The van der Waals surface area contributed by atoms with Gasteiger partial charge in [0.05, 0.1) is 6.54 Å². The summed E-state index contributed by atoms with van der Waals surface area (Å²) in [6.07, 6.45) is 3.21. The van der Waals surface area contributed by atoms with Crippen molar-refractivity contribution in [2.75, 3.05) is 19.6 Å². The Balaban J connectivity index is 2.28. The lowest BCUT2D eigenvalue weighted by molar-refractivity contribution is -0.138. The van der Waals surface area contributed by atoms with Crippen molar-refractivity contribution >= 4 is 11.8 Å². The van der Waals surface area contributed by atoms with Gasteiger partial charge >= 0.3 is 0 Å².